The summed E-state index contributed by atoms with van der Waals surface area (Å²) in [6.45, 7) is 5.13. The molecule has 8 nitrogen and oxygen atoms in total. The number of aliphatic imine (C=N–C) groups is 1. The summed E-state index contributed by atoms with van der Waals surface area (Å²) in [6, 6.07) is 7.85. The van der Waals surface area contributed by atoms with Gasteiger partial charge in [-0.05, 0) is 43.5 Å². The molecule has 3 rings (SSSR count). The Kier molecular flexibility index (Phi) is 6.10. The number of carbonyl (C=O) groups excluding carboxylic acids is 1. The van der Waals surface area contributed by atoms with Gasteiger partial charge < -0.3 is 9.47 Å². The number of aryl methyl sites for hydroxylation is 1. The zero-order valence-electron chi connectivity index (χ0n) is 16.9. The number of rotatable bonds is 7. The first-order chi connectivity index (χ1) is 14.3. The van der Waals surface area contributed by atoms with E-state index in [1.54, 1.807) is 25.1 Å². The lowest BCUT2D eigenvalue weighted by atomic mass is 10.1. The fourth-order valence-corrected chi connectivity index (χ4v) is 2.87. The van der Waals surface area contributed by atoms with E-state index in [-0.39, 0.29) is 30.3 Å². The second-order valence-corrected chi connectivity index (χ2v) is 6.56. The van der Waals surface area contributed by atoms with Gasteiger partial charge in [0.1, 0.15) is 18.1 Å². The lowest BCUT2D eigenvalue weighted by Crippen LogP contribution is -2.28. The number of halogens is 1. The predicted octanol–water partition coefficient (Wildman–Crippen LogP) is 2.75. The van der Waals surface area contributed by atoms with Crippen molar-refractivity contribution in [2.75, 3.05) is 18.6 Å². The molecule has 0 saturated heterocycles. The van der Waals surface area contributed by atoms with Crippen LogP contribution < -0.4 is 15.2 Å². The van der Waals surface area contributed by atoms with Gasteiger partial charge in [0, 0.05) is 24.8 Å². The molecular formula is C21H21FN4O4. The Balaban J connectivity index is 1.78. The summed E-state index contributed by atoms with van der Waals surface area (Å²) in [7, 11) is 2.96. The van der Waals surface area contributed by atoms with Crippen LogP contribution in [-0.4, -0.2) is 36.1 Å². The zero-order chi connectivity index (χ0) is 21.8. The number of ether oxygens (including phenoxy) is 2. The Hall–Kier alpha value is -3.75. The molecule has 2 heterocycles. The minimum Gasteiger partial charge on any atom is -0.501 e. The number of hydrogen-bond acceptors (Lipinski definition) is 6. The molecule has 1 amide bonds. The van der Waals surface area contributed by atoms with Crippen molar-refractivity contribution in [1.82, 2.24) is 9.78 Å². The van der Waals surface area contributed by atoms with E-state index in [9.17, 15) is 14.0 Å². The van der Waals surface area contributed by atoms with Gasteiger partial charge in [-0.25, -0.2) is 9.07 Å². The summed E-state index contributed by atoms with van der Waals surface area (Å²) in [5.41, 5.74) is 1.02. The predicted molar refractivity (Wildman–Crippen MR) is 110 cm³/mol. The van der Waals surface area contributed by atoms with Crippen LogP contribution in [0.2, 0.25) is 0 Å². The highest BCUT2D eigenvalue weighted by atomic mass is 19.1. The summed E-state index contributed by atoms with van der Waals surface area (Å²) in [5.74, 6) is 0.397. The molecule has 156 valence electrons. The maximum absolute atomic E-state index is 14.2. The Bertz CT molecular complexity index is 1120. The molecule has 0 N–H and O–H groups in total. The summed E-state index contributed by atoms with van der Waals surface area (Å²) >= 11 is 0. The van der Waals surface area contributed by atoms with E-state index >= 15 is 0 Å². The summed E-state index contributed by atoms with van der Waals surface area (Å²) < 4.78 is 25.9. The van der Waals surface area contributed by atoms with Crippen LogP contribution in [0, 0.1) is 0 Å². The number of nitrogens with zero attached hydrogens (tertiary/aromatic N) is 4. The van der Waals surface area contributed by atoms with Crippen molar-refractivity contribution in [2.45, 2.75) is 13.5 Å². The molecule has 1 aromatic carbocycles. The number of amides is 1. The molecule has 1 aliphatic rings. The second-order valence-electron chi connectivity index (χ2n) is 6.56. The van der Waals surface area contributed by atoms with Crippen LogP contribution in [0.3, 0.4) is 0 Å². The third-order valence-electron chi connectivity index (χ3n) is 4.60. The van der Waals surface area contributed by atoms with E-state index in [0.717, 1.165) is 5.56 Å². The minimum absolute atomic E-state index is 0.0269. The lowest BCUT2D eigenvalue weighted by Gasteiger charge is -2.14. The largest absolute Gasteiger partial charge is 0.501 e. The normalized spacial score (nSPS) is 14.3. The summed E-state index contributed by atoms with van der Waals surface area (Å²) in [6.07, 6.45) is 1.20. The topological polar surface area (TPSA) is 86.0 Å². The molecule has 0 spiro atoms. The van der Waals surface area contributed by atoms with Gasteiger partial charge in [-0.3, -0.25) is 19.5 Å². The third-order valence-corrected chi connectivity index (χ3v) is 4.60. The van der Waals surface area contributed by atoms with Crippen molar-refractivity contribution >= 4 is 18.4 Å². The smallest absolute Gasteiger partial charge is 0.266 e. The van der Waals surface area contributed by atoms with Gasteiger partial charge in [-0.2, -0.15) is 5.10 Å². The van der Waals surface area contributed by atoms with E-state index < -0.39 is 5.83 Å². The Morgan fingerprint density at radius 2 is 2.10 bits per heavy atom. The molecule has 0 fully saturated rings. The first kappa shape index (κ1) is 21.0. The van der Waals surface area contributed by atoms with E-state index in [4.69, 9.17) is 9.47 Å². The number of carbonyl (C=O) groups is 1. The quantitative estimate of drug-likeness (QED) is 0.397. The molecule has 2 aromatic rings. The number of anilines is 1. The van der Waals surface area contributed by atoms with Crippen molar-refractivity contribution < 1.29 is 18.7 Å². The van der Waals surface area contributed by atoms with E-state index in [1.807, 2.05) is 0 Å². The lowest BCUT2D eigenvalue weighted by molar-refractivity contribution is 0.0995. The van der Waals surface area contributed by atoms with Gasteiger partial charge in [-0.1, -0.05) is 0 Å². The highest BCUT2D eigenvalue weighted by molar-refractivity contribution is 6.09. The van der Waals surface area contributed by atoms with Gasteiger partial charge in [0.2, 0.25) is 0 Å². The average Bonchev–Trinajstić information content (AvgIpc) is 3.06. The Labute approximate surface area is 172 Å². The molecular weight excluding hydrogens is 391 g/mol. The highest BCUT2D eigenvalue weighted by Gasteiger charge is 2.30. The first-order valence-corrected chi connectivity index (χ1v) is 9.03. The molecule has 0 bridgehead atoms. The number of aromatic nitrogens is 2. The van der Waals surface area contributed by atoms with E-state index in [2.05, 4.69) is 16.8 Å². The van der Waals surface area contributed by atoms with Crippen molar-refractivity contribution in [3.05, 3.63) is 75.2 Å². The SMILES string of the molecule is C=N/C(COc1ccc2c(c1)CN(c1ccc(=O)n(C)n1)C2=O)=C(F)\C=C(/C)OC. The fraction of sp³-hybridized carbons (Fsp3) is 0.238. The average molecular weight is 412 g/mol. The van der Waals surface area contributed by atoms with Crippen molar-refractivity contribution in [1.29, 1.82) is 0 Å². The summed E-state index contributed by atoms with van der Waals surface area (Å²) in [5, 5.41) is 4.13. The fourth-order valence-electron chi connectivity index (χ4n) is 2.87. The maximum atomic E-state index is 14.2. The number of benzene rings is 1. The van der Waals surface area contributed by atoms with Gasteiger partial charge >= 0.3 is 0 Å². The molecule has 0 atom stereocenters. The molecule has 1 aliphatic heterocycles. The molecule has 0 saturated carbocycles. The molecule has 30 heavy (non-hydrogen) atoms. The maximum Gasteiger partial charge on any atom is 0.266 e. The number of fused-ring (bicyclic) bond motifs is 1. The molecule has 1 aromatic heterocycles. The molecule has 9 heteroatoms. The molecule has 0 unspecified atom stereocenters. The monoisotopic (exact) mass is 412 g/mol. The van der Waals surface area contributed by atoms with Gasteiger partial charge in [0.05, 0.1) is 19.4 Å². The van der Waals surface area contributed by atoms with Crippen LogP contribution in [0.15, 0.2) is 63.5 Å². The zero-order valence-corrected chi connectivity index (χ0v) is 16.9. The number of allylic oxidation sites excluding steroid dienone is 3. The van der Waals surface area contributed by atoms with Crippen LogP contribution in [0.5, 0.6) is 5.75 Å². The van der Waals surface area contributed by atoms with Crippen molar-refractivity contribution in [3.63, 3.8) is 0 Å². The van der Waals surface area contributed by atoms with Crippen LogP contribution >= 0.6 is 0 Å². The Morgan fingerprint density at radius 1 is 1.33 bits per heavy atom. The third kappa shape index (κ3) is 4.29. The molecule has 0 aliphatic carbocycles. The van der Waals surface area contributed by atoms with Crippen LogP contribution in [-0.2, 0) is 18.3 Å². The van der Waals surface area contributed by atoms with Crippen LogP contribution in [0.4, 0.5) is 10.2 Å². The van der Waals surface area contributed by atoms with Crippen molar-refractivity contribution in [3.8, 4) is 5.75 Å². The van der Waals surface area contributed by atoms with Crippen LogP contribution in [0.25, 0.3) is 0 Å². The molecule has 0 radical (unpaired) electrons. The number of hydrogen-bond donors (Lipinski definition) is 0. The minimum atomic E-state index is -0.604. The van der Waals surface area contributed by atoms with E-state index in [1.165, 1.54) is 41.9 Å². The Morgan fingerprint density at radius 3 is 2.77 bits per heavy atom. The standard InChI is InChI=1S/C21H21FN4O4/c1-13(29-4)9-17(22)18(23-2)12-30-15-5-6-16-14(10-15)11-26(21(16)28)19-7-8-20(27)25(3)24-19/h5-10H,2,11-12H2,1,3-4H3/b13-9+,18-17+. The van der Waals surface area contributed by atoms with Gasteiger partial charge in [0.25, 0.3) is 11.5 Å². The van der Waals surface area contributed by atoms with Gasteiger partial charge in [0.15, 0.2) is 11.6 Å². The second kappa shape index (κ2) is 8.73. The van der Waals surface area contributed by atoms with E-state index in [0.29, 0.717) is 22.9 Å². The van der Waals surface area contributed by atoms with Crippen molar-refractivity contribution in [2.24, 2.45) is 12.0 Å². The first-order valence-electron chi connectivity index (χ1n) is 9.03. The van der Waals surface area contributed by atoms with Gasteiger partial charge in [-0.15, -0.1) is 0 Å². The summed E-state index contributed by atoms with van der Waals surface area (Å²) in [4.78, 5) is 29.4. The number of methoxy groups -OCH3 is 1. The van der Waals surface area contributed by atoms with Crippen LogP contribution in [0.1, 0.15) is 22.8 Å². The highest BCUT2D eigenvalue weighted by Crippen LogP contribution is 2.29.